The molecule has 0 aromatic carbocycles. The van der Waals surface area contributed by atoms with E-state index in [-0.39, 0.29) is 53.1 Å². The fourth-order valence-corrected chi connectivity index (χ4v) is 10.3. The Morgan fingerprint density at radius 2 is 1.66 bits per heavy atom. The van der Waals surface area contributed by atoms with Gasteiger partial charge >= 0.3 is 21.6 Å². The number of allylic oxidation sites excluding steroid dienone is 5. The molecule has 0 saturated heterocycles. The Labute approximate surface area is 237 Å². The quantitative estimate of drug-likeness (QED) is 0.182. The summed E-state index contributed by atoms with van der Waals surface area (Å²) in [6.45, 7) is 5.66. The predicted octanol–water partition coefficient (Wildman–Crippen LogP) is 5.57. The van der Waals surface area contributed by atoms with Crippen molar-refractivity contribution in [2.24, 2.45) is 46.3 Å². The summed E-state index contributed by atoms with van der Waals surface area (Å²) >= 11 is 0. The highest BCUT2D eigenvalue weighted by Gasteiger charge is 2.64. The van der Waals surface area contributed by atoms with Crippen LogP contribution in [0.25, 0.3) is 0 Å². The summed E-state index contributed by atoms with van der Waals surface area (Å²) in [6, 6.07) is 0. The van der Waals surface area contributed by atoms with Crippen molar-refractivity contribution in [2.45, 2.75) is 83.8 Å². The summed E-state index contributed by atoms with van der Waals surface area (Å²) in [5, 5.41) is 0. The lowest BCUT2D eigenvalue weighted by Crippen LogP contribution is -2.50. The molecule has 0 aromatic heterocycles. The van der Waals surface area contributed by atoms with E-state index in [0.717, 1.165) is 31.8 Å². The Morgan fingerprint density at radius 3 is 2.34 bits per heavy atom. The molecule has 0 radical (unpaired) electrons. The summed E-state index contributed by atoms with van der Waals surface area (Å²) in [5.41, 5.74) is -4.60. The van der Waals surface area contributed by atoms with Gasteiger partial charge in [0.05, 0.1) is 0 Å². The number of ketones is 2. The van der Waals surface area contributed by atoms with Gasteiger partial charge in [-0.25, -0.2) is 0 Å². The second-order valence-corrected chi connectivity index (χ2v) is 14.9. The fraction of sp³-hybridized carbons (Fsp3) is 0.700. The van der Waals surface area contributed by atoms with E-state index in [0.29, 0.717) is 30.8 Å². The average molecular weight is 597 g/mol. The van der Waals surface area contributed by atoms with Gasteiger partial charge in [0.15, 0.2) is 11.6 Å². The van der Waals surface area contributed by atoms with Gasteiger partial charge in [-0.3, -0.25) is 14.4 Å². The molecule has 224 valence electrons. The van der Waals surface area contributed by atoms with Crippen LogP contribution >= 0.6 is 0 Å². The van der Waals surface area contributed by atoms with Crippen molar-refractivity contribution in [3.05, 3.63) is 35.1 Å². The van der Waals surface area contributed by atoms with Crippen LogP contribution in [0.4, 0.5) is 13.2 Å². The maximum Gasteiger partial charge on any atom is 0.534 e. The van der Waals surface area contributed by atoms with Crippen molar-refractivity contribution in [3.8, 4) is 0 Å². The van der Waals surface area contributed by atoms with Crippen molar-refractivity contribution in [1.82, 2.24) is 0 Å². The van der Waals surface area contributed by atoms with Gasteiger partial charge in [-0.2, -0.15) is 21.6 Å². The van der Waals surface area contributed by atoms with Gasteiger partial charge in [-0.1, -0.05) is 25.5 Å². The predicted molar refractivity (Wildman–Crippen MR) is 140 cm³/mol. The van der Waals surface area contributed by atoms with E-state index < -0.39 is 38.8 Å². The molecule has 7 nitrogen and oxygen atoms in total. The average Bonchev–Trinajstić information content (AvgIpc) is 3.19. The van der Waals surface area contributed by atoms with Gasteiger partial charge in [-0.05, 0) is 90.8 Å². The van der Waals surface area contributed by atoms with Crippen molar-refractivity contribution >= 4 is 27.7 Å². The van der Waals surface area contributed by atoms with Crippen molar-refractivity contribution in [1.29, 1.82) is 0 Å². The Balaban J connectivity index is 1.40. The number of esters is 1. The highest BCUT2D eigenvalue weighted by molar-refractivity contribution is 7.87. The maximum absolute atomic E-state index is 13.4. The van der Waals surface area contributed by atoms with Crippen molar-refractivity contribution < 1.29 is 44.9 Å². The van der Waals surface area contributed by atoms with Crippen LogP contribution in [-0.2, 0) is 33.4 Å². The summed E-state index contributed by atoms with van der Waals surface area (Å²) in [4.78, 5) is 37.6. The van der Waals surface area contributed by atoms with Crippen LogP contribution in [-0.4, -0.2) is 37.6 Å². The fourth-order valence-electron chi connectivity index (χ4n) is 9.77. The summed E-state index contributed by atoms with van der Waals surface area (Å²) in [7, 11) is -5.95. The third-order valence-electron chi connectivity index (χ3n) is 11.4. The third kappa shape index (κ3) is 4.27. The number of hydrogen-bond acceptors (Lipinski definition) is 7. The molecule has 0 amide bonds. The number of alkyl halides is 3. The van der Waals surface area contributed by atoms with Gasteiger partial charge in [0.1, 0.15) is 11.9 Å². The highest BCUT2D eigenvalue weighted by atomic mass is 32.2. The van der Waals surface area contributed by atoms with E-state index in [2.05, 4.69) is 13.0 Å². The molecular weight excluding hydrogens is 561 g/mol. The number of halogens is 3. The standard InChI is InChI=1S/C30H35F3O7S/c1-15(34)39-17-8-10-28(2)16(12-17)4-5-18-21(28)9-11-29(3)22(18)13-20-26-19(23(35)6-7-24(26)36)14-25(27(20)29)40-41(37,38)30(31,32)33/h4,6-7,17-22,26H,5,8-14H2,1-3H3/t17-,18?,19?,20?,21?,22?,26?,28-,29-/m0/s1. The lowest BCUT2D eigenvalue weighted by atomic mass is 9.47. The molecule has 6 rings (SSSR count). The highest BCUT2D eigenvalue weighted by Crippen LogP contribution is 2.70. The monoisotopic (exact) mass is 596 g/mol. The minimum Gasteiger partial charge on any atom is -0.462 e. The van der Waals surface area contributed by atoms with Crippen LogP contribution in [0, 0.1) is 46.3 Å². The first-order chi connectivity index (χ1) is 19.1. The smallest absolute Gasteiger partial charge is 0.462 e. The first-order valence-electron chi connectivity index (χ1n) is 14.4. The number of ether oxygens (including phenoxy) is 1. The van der Waals surface area contributed by atoms with Crippen molar-refractivity contribution in [2.75, 3.05) is 0 Å². The SMILES string of the molecule is CC(=O)O[C@H]1CC[C@@]2(C)C(=CCC3C2CC[C@]2(C)C4=C(OS(=O)(=O)C(F)(F)F)CC5C(=O)C=CC(=O)C5C4CC32)C1. The van der Waals surface area contributed by atoms with Gasteiger partial charge in [0, 0.05) is 31.6 Å². The molecule has 11 heteroatoms. The molecule has 0 N–H and O–H groups in total. The molecule has 3 saturated carbocycles. The third-order valence-corrected chi connectivity index (χ3v) is 12.4. The number of carbonyl (C=O) groups excluding carboxylic acids is 3. The maximum atomic E-state index is 13.4. The molecule has 3 fully saturated rings. The van der Waals surface area contributed by atoms with Crippen LogP contribution in [0.15, 0.2) is 35.1 Å². The Morgan fingerprint density at radius 1 is 0.976 bits per heavy atom. The Bertz CT molecular complexity index is 1410. The topological polar surface area (TPSA) is 104 Å². The second-order valence-electron chi connectivity index (χ2n) is 13.3. The molecule has 0 bridgehead atoms. The van der Waals surface area contributed by atoms with Crippen LogP contribution in [0.1, 0.15) is 72.1 Å². The molecule has 0 aliphatic heterocycles. The number of hydrogen-bond donors (Lipinski definition) is 0. The first-order valence-corrected chi connectivity index (χ1v) is 15.8. The van der Waals surface area contributed by atoms with Gasteiger partial charge < -0.3 is 8.92 Å². The molecular formula is C30H35F3O7S. The largest absolute Gasteiger partial charge is 0.534 e. The van der Waals surface area contributed by atoms with Gasteiger partial charge in [0.25, 0.3) is 0 Å². The Hall–Kier alpha value is -2.43. The zero-order chi connectivity index (χ0) is 29.7. The summed E-state index contributed by atoms with van der Waals surface area (Å²) < 4.78 is 75.2. The molecule has 0 aromatic rings. The summed E-state index contributed by atoms with van der Waals surface area (Å²) in [5.74, 6) is -2.99. The van der Waals surface area contributed by atoms with Crippen LogP contribution in [0.2, 0.25) is 0 Å². The second kappa shape index (κ2) is 9.28. The zero-order valence-corrected chi connectivity index (χ0v) is 24.1. The molecule has 0 spiro atoms. The van der Waals surface area contributed by atoms with E-state index in [1.807, 2.05) is 6.92 Å². The van der Waals surface area contributed by atoms with Gasteiger partial charge in [-0.15, -0.1) is 0 Å². The first kappa shape index (κ1) is 28.7. The Kier molecular flexibility index (Phi) is 6.49. The van der Waals surface area contributed by atoms with Crippen LogP contribution < -0.4 is 0 Å². The van der Waals surface area contributed by atoms with Crippen molar-refractivity contribution in [3.63, 3.8) is 0 Å². The van der Waals surface area contributed by atoms with E-state index in [4.69, 9.17) is 8.92 Å². The molecule has 41 heavy (non-hydrogen) atoms. The minimum absolute atomic E-state index is 0.0122. The summed E-state index contributed by atoms with van der Waals surface area (Å²) in [6.07, 6.45) is 9.12. The lowest BCUT2D eigenvalue weighted by molar-refractivity contribution is -0.148. The number of fused-ring (bicyclic) bond motifs is 9. The molecule has 6 unspecified atom stereocenters. The van der Waals surface area contributed by atoms with E-state index in [1.165, 1.54) is 18.6 Å². The van der Waals surface area contributed by atoms with Crippen LogP contribution in [0.5, 0.6) is 0 Å². The zero-order valence-electron chi connectivity index (χ0n) is 23.3. The minimum atomic E-state index is -5.95. The molecule has 6 aliphatic rings. The number of rotatable bonds is 3. The van der Waals surface area contributed by atoms with E-state index in [1.54, 1.807) is 0 Å². The van der Waals surface area contributed by atoms with Crippen LogP contribution in [0.3, 0.4) is 0 Å². The van der Waals surface area contributed by atoms with E-state index in [9.17, 15) is 36.0 Å². The lowest BCUT2D eigenvalue weighted by Gasteiger charge is -2.57. The normalized spacial score (nSPS) is 41.9. The number of carbonyl (C=O) groups is 3. The molecule has 0 heterocycles. The molecule has 9 atom stereocenters. The molecule has 6 aliphatic carbocycles. The van der Waals surface area contributed by atoms with Gasteiger partial charge in [0.2, 0.25) is 0 Å². The van der Waals surface area contributed by atoms with E-state index >= 15 is 0 Å².